The van der Waals surface area contributed by atoms with E-state index in [4.69, 9.17) is 11.1 Å². The molecule has 0 aromatic heterocycles. The number of rotatable bonds is 4. The fourth-order valence-corrected chi connectivity index (χ4v) is 2.52. The highest BCUT2D eigenvalue weighted by atomic mass is 15.1. The van der Waals surface area contributed by atoms with Gasteiger partial charge in [0.15, 0.2) is 0 Å². The molecule has 3 nitrogen and oxygen atoms in total. The van der Waals surface area contributed by atoms with Gasteiger partial charge in [0.05, 0.1) is 5.84 Å². The Hall–Kier alpha value is -0.570. The van der Waals surface area contributed by atoms with Crippen LogP contribution in [-0.4, -0.2) is 30.4 Å². The van der Waals surface area contributed by atoms with E-state index in [1.165, 1.54) is 32.4 Å². The van der Waals surface area contributed by atoms with Crippen LogP contribution in [0.25, 0.3) is 0 Å². The first-order valence-corrected chi connectivity index (χ1v) is 6.57. The van der Waals surface area contributed by atoms with Crippen molar-refractivity contribution in [3.8, 4) is 0 Å². The van der Waals surface area contributed by atoms with Crippen molar-refractivity contribution >= 4 is 5.84 Å². The smallest absolute Gasteiger partial charge is 0.0947 e. The molecule has 16 heavy (non-hydrogen) atoms. The van der Waals surface area contributed by atoms with E-state index in [1.54, 1.807) is 0 Å². The topological polar surface area (TPSA) is 53.1 Å². The molecule has 0 aromatic carbocycles. The summed E-state index contributed by atoms with van der Waals surface area (Å²) in [5, 5.41) is 7.43. The molecule has 2 atom stereocenters. The molecule has 3 N–H and O–H groups in total. The van der Waals surface area contributed by atoms with Gasteiger partial charge in [-0.05, 0) is 44.2 Å². The average Bonchev–Trinajstić information content (AvgIpc) is 2.43. The van der Waals surface area contributed by atoms with E-state index in [9.17, 15) is 0 Å². The third kappa shape index (κ3) is 4.12. The maximum Gasteiger partial charge on any atom is 0.0947 e. The number of nitrogens with zero attached hydrogens (tertiary/aromatic N) is 1. The Kier molecular flexibility index (Phi) is 5.26. The number of hydrogen-bond donors (Lipinski definition) is 2. The summed E-state index contributed by atoms with van der Waals surface area (Å²) in [6.45, 7) is 10.0. The molecule has 0 aromatic rings. The molecular weight excluding hydrogens is 198 g/mol. The van der Waals surface area contributed by atoms with Crippen molar-refractivity contribution in [3.05, 3.63) is 0 Å². The summed E-state index contributed by atoms with van der Waals surface area (Å²) in [6.07, 6.45) is 3.97. The van der Waals surface area contributed by atoms with Gasteiger partial charge >= 0.3 is 0 Å². The van der Waals surface area contributed by atoms with Crippen LogP contribution in [0.2, 0.25) is 0 Å². The second kappa shape index (κ2) is 6.24. The first kappa shape index (κ1) is 13.5. The number of nitrogens with two attached hydrogens (primary N) is 1. The van der Waals surface area contributed by atoms with E-state index in [2.05, 4.69) is 18.7 Å². The van der Waals surface area contributed by atoms with Gasteiger partial charge in [0.2, 0.25) is 0 Å². The van der Waals surface area contributed by atoms with E-state index in [-0.39, 0.29) is 5.92 Å². The van der Waals surface area contributed by atoms with E-state index in [0.29, 0.717) is 5.84 Å². The Morgan fingerprint density at radius 3 is 2.56 bits per heavy atom. The van der Waals surface area contributed by atoms with Gasteiger partial charge in [0.25, 0.3) is 0 Å². The summed E-state index contributed by atoms with van der Waals surface area (Å²) in [5.41, 5.74) is 5.52. The zero-order chi connectivity index (χ0) is 12.1. The fraction of sp³-hybridized carbons (Fsp3) is 0.923. The predicted octanol–water partition coefficient (Wildman–Crippen LogP) is 2.32. The molecule has 0 radical (unpaired) electrons. The molecule has 1 heterocycles. The van der Waals surface area contributed by atoms with Crippen LogP contribution in [-0.2, 0) is 0 Å². The van der Waals surface area contributed by atoms with Crippen molar-refractivity contribution in [1.82, 2.24) is 4.90 Å². The molecule has 0 saturated carbocycles. The fourth-order valence-electron chi connectivity index (χ4n) is 2.52. The van der Waals surface area contributed by atoms with Crippen molar-refractivity contribution in [2.75, 3.05) is 19.6 Å². The SMILES string of the molecule is CC(CN1CCCC(C(C)C)CC1)C(=N)N. The molecule has 2 unspecified atom stereocenters. The van der Waals surface area contributed by atoms with Gasteiger partial charge < -0.3 is 10.6 Å². The van der Waals surface area contributed by atoms with Crippen molar-refractivity contribution in [3.63, 3.8) is 0 Å². The van der Waals surface area contributed by atoms with Crippen molar-refractivity contribution < 1.29 is 0 Å². The van der Waals surface area contributed by atoms with Gasteiger partial charge in [-0.1, -0.05) is 20.8 Å². The van der Waals surface area contributed by atoms with E-state index < -0.39 is 0 Å². The van der Waals surface area contributed by atoms with Gasteiger partial charge in [-0.3, -0.25) is 5.41 Å². The Morgan fingerprint density at radius 2 is 2.00 bits per heavy atom. The van der Waals surface area contributed by atoms with E-state index in [0.717, 1.165) is 18.4 Å². The molecule has 0 amide bonds. The minimum absolute atomic E-state index is 0.204. The summed E-state index contributed by atoms with van der Waals surface area (Å²) in [5.74, 6) is 2.23. The van der Waals surface area contributed by atoms with Crippen molar-refractivity contribution in [1.29, 1.82) is 5.41 Å². The Balaban J connectivity index is 2.38. The third-order valence-electron chi connectivity index (χ3n) is 3.87. The molecule has 0 spiro atoms. The lowest BCUT2D eigenvalue weighted by Crippen LogP contribution is -2.35. The quantitative estimate of drug-likeness (QED) is 0.570. The first-order valence-electron chi connectivity index (χ1n) is 6.57. The lowest BCUT2D eigenvalue weighted by atomic mass is 9.89. The number of hydrogen-bond acceptors (Lipinski definition) is 2. The molecule has 0 bridgehead atoms. The highest BCUT2D eigenvalue weighted by Gasteiger charge is 2.20. The number of amidine groups is 1. The Labute approximate surface area is 99.9 Å². The molecular formula is C13H27N3. The van der Waals surface area contributed by atoms with Crippen LogP contribution >= 0.6 is 0 Å². The summed E-state index contributed by atoms with van der Waals surface area (Å²) < 4.78 is 0. The lowest BCUT2D eigenvalue weighted by Gasteiger charge is -2.24. The molecule has 1 saturated heterocycles. The summed E-state index contributed by atoms with van der Waals surface area (Å²) in [4.78, 5) is 2.48. The van der Waals surface area contributed by atoms with Crippen LogP contribution < -0.4 is 5.73 Å². The van der Waals surface area contributed by atoms with E-state index >= 15 is 0 Å². The van der Waals surface area contributed by atoms with Crippen molar-refractivity contribution in [2.45, 2.75) is 40.0 Å². The van der Waals surface area contributed by atoms with Gasteiger partial charge in [-0.15, -0.1) is 0 Å². The maximum atomic E-state index is 7.43. The predicted molar refractivity (Wildman–Crippen MR) is 69.7 cm³/mol. The highest BCUT2D eigenvalue weighted by Crippen LogP contribution is 2.24. The van der Waals surface area contributed by atoms with Crippen LogP contribution in [0.5, 0.6) is 0 Å². The van der Waals surface area contributed by atoms with Crippen LogP contribution in [0.15, 0.2) is 0 Å². The van der Waals surface area contributed by atoms with Crippen LogP contribution in [0.1, 0.15) is 40.0 Å². The van der Waals surface area contributed by atoms with Gasteiger partial charge in [-0.2, -0.15) is 0 Å². The Morgan fingerprint density at radius 1 is 1.31 bits per heavy atom. The number of nitrogens with one attached hydrogen (secondary N) is 1. The molecule has 1 fully saturated rings. The lowest BCUT2D eigenvalue weighted by molar-refractivity contribution is 0.258. The van der Waals surface area contributed by atoms with E-state index in [1.807, 2.05) is 6.92 Å². The standard InChI is InChI=1S/C13H27N3/c1-10(2)12-5-4-7-16(8-6-12)9-11(3)13(14)15/h10-12H,4-9H2,1-3H3,(H3,14,15). The van der Waals surface area contributed by atoms with Crippen LogP contribution in [0, 0.1) is 23.2 Å². The average molecular weight is 225 g/mol. The second-order valence-corrected chi connectivity index (χ2v) is 5.59. The van der Waals surface area contributed by atoms with Crippen LogP contribution in [0.4, 0.5) is 0 Å². The van der Waals surface area contributed by atoms with Crippen LogP contribution in [0.3, 0.4) is 0 Å². The number of likely N-dealkylation sites (tertiary alicyclic amines) is 1. The minimum Gasteiger partial charge on any atom is -0.387 e. The molecule has 3 heteroatoms. The third-order valence-corrected chi connectivity index (χ3v) is 3.87. The first-order chi connectivity index (χ1) is 7.50. The molecule has 94 valence electrons. The molecule has 1 rings (SSSR count). The Bertz CT molecular complexity index is 225. The minimum atomic E-state index is 0.204. The monoisotopic (exact) mass is 225 g/mol. The summed E-state index contributed by atoms with van der Waals surface area (Å²) >= 11 is 0. The molecule has 1 aliphatic rings. The zero-order valence-electron chi connectivity index (χ0n) is 11.0. The zero-order valence-corrected chi connectivity index (χ0v) is 11.0. The van der Waals surface area contributed by atoms with Gasteiger partial charge in [0, 0.05) is 12.5 Å². The maximum absolute atomic E-state index is 7.43. The highest BCUT2D eigenvalue weighted by molar-refractivity contribution is 5.79. The summed E-state index contributed by atoms with van der Waals surface area (Å²) in [6, 6.07) is 0. The largest absolute Gasteiger partial charge is 0.387 e. The molecule has 1 aliphatic heterocycles. The van der Waals surface area contributed by atoms with Gasteiger partial charge in [0.1, 0.15) is 0 Å². The molecule has 0 aliphatic carbocycles. The summed E-state index contributed by atoms with van der Waals surface area (Å²) in [7, 11) is 0. The second-order valence-electron chi connectivity index (χ2n) is 5.59. The normalized spacial score (nSPS) is 25.4. The van der Waals surface area contributed by atoms with Gasteiger partial charge in [-0.25, -0.2) is 0 Å². The van der Waals surface area contributed by atoms with Crippen molar-refractivity contribution in [2.24, 2.45) is 23.5 Å².